The van der Waals surface area contributed by atoms with E-state index in [1.807, 2.05) is 0 Å². The molecule has 1 aliphatic rings. The van der Waals surface area contributed by atoms with Crippen LogP contribution in [-0.2, 0) is 27.6 Å². The van der Waals surface area contributed by atoms with Crippen LogP contribution in [0.5, 0.6) is 0 Å². The van der Waals surface area contributed by atoms with Gasteiger partial charge in [0, 0.05) is 4.88 Å². The molecule has 118 valence electrons. The molecule has 2 aromatic rings. The van der Waals surface area contributed by atoms with Crippen LogP contribution in [0.15, 0.2) is 20.1 Å². The maximum absolute atomic E-state index is 12.4. The van der Waals surface area contributed by atoms with Gasteiger partial charge in [0.2, 0.25) is 0 Å². The van der Waals surface area contributed by atoms with Gasteiger partial charge in [0.05, 0.1) is 16.5 Å². The van der Waals surface area contributed by atoms with Crippen molar-refractivity contribution in [3.63, 3.8) is 0 Å². The molecule has 22 heavy (non-hydrogen) atoms. The van der Waals surface area contributed by atoms with Gasteiger partial charge in [-0.05, 0) is 52.9 Å². The highest BCUT2D eigenvalue weighted by Gasteiger charge is 2.29. The lowest BCUT2D eigenvalue weighted by molar-refractivity contribution is 0.0601. The Morgan fingerprint density at radius 1 is 1.32 bits per heavy atom. The lowest BCUT2D eigenvalue weighted by Gasteiger charge is -2.07. The van der Waals surface area contributed by atoms with E-state index in [4.69, 9.17) is 4.74 Å². The number of nitrogens with one attached hydrogen (secondary N) is 1. The summed E-state index contributed by atoms with van der Waals surface area (Å²) in [5, 5.41) is 0.348. The molecule has 1 aliphatic carbocycles. The summed E-state index contributed by atoms with van der Waals surface area (Å²) in [6.07, 6.45) is 2.63. The Balaban J connectivity index is 2.01. The fraction of sp³-hybridized carbons (Fsp3) is 0.308. The summed E-state index contributed by atoms with van der Waals surface area (Å²) >= 11 is 5.69. The number of ether oxygens (including phenoxy) is 1. The lowest BCUT2D eigenvalue weighted by atomic mass is 10.1. The van der Waals surface area contributed by atoms with Crippen LogP contribution in [0.3, 0.4) is 0 Å². The van der Waals surface area contributed by atoms with Crippen LogP contribution in [-0.4, -0.2) is 21.5 Å². The summed E-state index contributed by atoms with van der Waals surface area (Å²) in [6.45, 7) is 0. The normalized spacial score (nSPS) is 13.9. The highest BCUT2D eigenvalue weighted by Crippen LogP contribution is 2.40. The van der Waals surface area contributed by atoms with Gasteiger partial charge in [-0.2, -0.15) is 0 Å². The van der Waals surface area contributed by atoms with Crippen molar-refractivity contribution in [2.75, 3.05) is 11.8 Å². The molecule has 0 aromatic carbocycles. The Labute approximate surface area is 144 Å². The van der Waals surface area contributed by atoms with Gasteiger partial charge >= 0.3 is 5.97 Å². The molecule has 0 spiro atoms. The van der Waals surface area contributed by atoms with E-state index in [2.05, 4.69) is 20.7 Å². The number of thiophene rings is 2. The predicted molar refractivity (Wildman–Crippen MR) is 90.5 cm³/mol. The number of hydrogen-bond donors (Lipinski definition) is 1. The molecule has 9 heteroatoms. The molecule has 0 fully saturated rings. The molecule has 1 N–H and O–H groups in total. The first-order chi connectivity index (χ1) is 10.4. The SMILES string of the molecule is COC(=O)c1c(NS(=O)(=O)c2ccc(Br)s2)sc2c1CCC2. The van der Waals surface area contributed by atoms with Gasteiger partial charge < -0.3 is 4.74 Å². The van der Waals surface area contributed by atoms with Crippen LogP contribution >= 0.6 is 38.6 Å². The number of carbonyl (C=O) groups is 1. The zero-order valence-corrected chi connectivity index (χ0v) is 15.5. The monoisotopic (exact) mass is 421 g/mol. The summed E-state index contributed by atoms with van der Waals surface area (Å²) in [5.41, 5.74) is 1.28. The van der Waals surface area contributed by atoms with Gasteiger partial charge in [-0.3, -0.25) is 4.72 Å². The summed E-state index contributed by atoms with van der Waals surface area (Å²) in [6, 6.07) is 3.20. The van der Waals surface area contributed by atoms with Crippen molar-refractivity contribution < 1.29 is 17.9 Å². The number of carbonyl (C=O) groups excluding carboxylic acids is 1. The number of anilines is 1. The zero-order valence-electron chi connectivity index (χ0n) is 11.5. The van der Waals surface area contributed by atoms with E-state index in [0.717, 1.165) is 44.8 Å². The summed E-state index contributed by atoms with van der Waals surface area (Å²) < 4.78 is 33.2. The molecule has 0 saturated heterocycles. The largest absolute Gasteiger partial charge is 0.465 e. The van der Waals surface area contributed by atoms with Crippen molar-refractivity contribution >= 4 is 59.6 Å². The number of methoxy groups -OCH3 is 1. The first-order valence-corrected chi connectivity index (χ1v) is 10.3. The number of halogens is 1. The van der Waals surface area contributed by atoms with Crippen LogP contribution in [0.1, 0.15) is 27.2 Å². The second-order valence-corrected chi connectivity index (χ2v) is 10.2. The number of sulfonamides is 1. The van der Waals surface area contributed by atoms with E-state index in [1.54, 1.807) is 6.07 Å². The van der Waals surface area contributed by atoms with Crippen molar-refractivity contribution in [1.82, 2.24) is 0 Å². The summed E-state index contributed by atoms with van der Waals surface area (Å²) in [7, 11) is -2.40. The third-order valence-electron chi connectivity index (χ3n) is 3.35. The molecule has 0 amide bonds. The van der Waals surface area contributed by atoms with Crippen LogP contribution < -0.4 is 4.72 Å². The highest BCUT2D eigenvalue weighted by molar-refractivity contribution is 9.11. The molecule has 5 nitrogen and oxygen atoms in total. The smallest absolute Gasteiger partial charge is 0.341 e. The third kappa shape index (κ3) is 2.82. The number of esters is 1. The number of rotatable bonds is 4. The maximum atomic E-state index is 12.4. The van der Waals surface area contributed by atoms with E-state index in [0.29, 0.717) is 10.6 Å². The molecule has 0 bridgehead atoms. The molecule has 0 atom stereocenters. The fourth-order valence-corrected chi connectivity index (χ4v) is 7.00. The molecule has 2 aromatic heterocycles. The molecule has 2 heterocycles. The quantitative estimate of drug-likeness (QED) is 0.764. The Morgan fingerprint density at radius 2 is 2.09 bits per heavy atom. The topological polar surface area (TPSA) is 72.5 Å². The Morgan fingerprint density at radius 3 is 2.73 bits per heavy atom. The van der Waals surface area contributed by atoms with E-state index < -0.39 is 16.0 Å². The maximum Gasteiger partial charge on any atom is 0.341 e. The van der Waals surface area contributed by atoms with E-state index in [9.17, 15) is 13.2 Å². The van der Waals surface area contributed by atoms with Gasteiger partial charge in [-0.25, -0.2) is 13.2 Å². The number of aryl methyl sites for hydroxylation is 1. The minimum absolute atomic E-state index is 0.198. The van der Waals surface area contributed by atoms with Gasteiger partial charge in [0.1, 0.15) is 9.21 Å². The van der Waals surface area contributed by atoms with E-state index in [1.165, 1.54) is 24.5 Å². The average Bonchev–Trinajstić information content (AvgIpc) is 3.13. The first kappa shape index (κ1) is 16.0. The van der Waals surface area contributed by atoms with Crippen molar-refractivity contribution in [2.45, 2.75) is 23.5 Å². The second kappa shape index (κ2) is 5.95. The highest BCUT2D eigenvalue weighted by atomic mass is 79.9. The molecular weight excluding hydrogens is 410 g/mol. The van der Waals surface area contributed by atoms with Gasteiger partial charge in [-0.15, -0.1) is 22.7 Å². The van der Waals surface area contributed by atoms with Crippen molar-refractivity contribution in [1.29, 1.82) is 0 Å². The standard InChI is InChI=1S/C13H12BrNO4S3/c1-19-13(16)11-7-3-2-4-8(7)20-12(11)15-22(17,18)10-6-5-9(14)21-10/h5-6,15H,2-4H2,1H3. The minimum Gasteiger partial charge on any atom is -0.465 e. The second-order valence-electron chi connectivity index (χ2n) is 4.72. The lowest BCUT2D eigenvalue weighted by Crippen LogP contribution is -2.14. The van der Waals surface area contributed by atoms with Gasteiger partial charge in [0.15, 0.2) is 0 Å². The number of hydrogen-bond acceptors (Lipinski definition) is 6. The van der Waals surface area contributed by atoms with Gasteiger partial charge in [-0.1, -0.05) is 0 Å². The van der Waals surface area contributed by atoms with Crippen LogP contribution in [0.4, 0.5) is 5.00 Å². The van der Waals surface area contributed by atoms with Crippen molar-refractivity contribution in [3.8, 4) is 0 Å². The van der Waals surface area contributed by atoms with E-state index in [-0.39, 0.29) is 4.21 Å². The summed E-state index contributed by atoms with van der Waals surface area (Å²) in [5.74, 6) is -0.496. The average molecular weight is 422 g/mol. The molecule has 0 unspecified atom stereocenters. The predicted octanol–water partition coefficient (Wildman–Crippen LogP) is 3.65. The molecule has 0 saturated carbocycles. The molecular formula is C13H12BrNO4S3. The molecule has 0 aliphatic heterocycles. The first-order valence-electron chi connectivity index (χ1n) is 6.43. The Kier molecular flexibility index (Phi) is 4.32. The van der Waals surface area contributed by atoms with Crippen LogP contribution in [0.25, 0.3) is 0 Å². The Hall–Kier alpha value is -0.900. The number of fused-ring (bicyclic) bond motifs is 1. The zero-order chi connectivity index (χ0) is 15.9. The van der Waals surface area contributed by atoms with Crippen molar-refractivity contribution in [2.24, 2.45) is 0 Å². The van der Waals surface area contributed by atoms with Gasteiger partial charge in [0.25, 0.3) is 10.0 Å². The minimum atomic E-state index is -3.70. The van der Waals surface area contributed by atoms with Crippen LogP contribution in [0, 0.1) is 0 Å². The van der Waals surface area contributed by atoms with Crippen LogP contribution in [0.2, 0.25) is 0 Å². The molecule has 0 radical (unpaired) electrons. The third-order valence-corrected chi connectivity index (χ3v) is 8.15. The Bertz CT molecular complexity index is 838. The fourth-order valence-electron chi connectivity index (χ4n) is 2.41. The van der Waals surface area contributed by atoms with Crippen molar-refractivity contribution in [3.05, 3.63) is 31.9 Å². The summed E-state index contributed by atoms with van der Waals surface area (Å²) in [4.78, 5) is 13.1. The van der Waals surface area contributed by atoms with E-state index >= 15 is 0 Å². The molecule has 3 rings (SSSR count).